The summed E-state index contributed by atoms with van der Waals surface area (Å²) in [6, 6.07) is 21.8. The van der Waals surface area contributed by atoms with Gasteiger partial charge in [0.25, 0.3) is 0 Å². The van der Waals surface area contributed by atoms with Crippen LogP contribution in [-0.2, 0) is 11.2 Å². The molecule has 27 heavy (non-hydrogen) atoms. The summed E-state index contributed by atoms with van der Waals surface area (Å²) in [5.74, 6) is -1.01. The zero-order valence-corrected chi connectivity index (χ0v) is 14.5. The zero-order chi connectivity index (χ0) is 19.1. The summed E-state index contributed by atoms with van der Waals surface area (Å²) < 4.78 is 10.6. The first-order valence-electron chi connectivity index (χ1n) is 8.45. The Morgan fingerprint density at radius 3 is 2.19 bits per heavy atom. The zero-order valence-electron chi connectivity index (χ0n) is 14.5. The van der Waals surface area contributed by atoms with Gasteiger partial charge in [0.05, 0.1) is 12.2 Å². The third-order valence-corrected chi connectivity index (χ3v) is 3.88. The van der Waals surface area contributed by atoms with Gasteiger partial charge in [0.15, 0.2) is 0 Å². The molecule has 5 heteroatoms. The van der Waals surface area contributed by atoms with E-state index >= 15 is 0 Å². The summed E-state index contributed by atoms with van der Waals surface area (Å²) in [5, 5.41) is 9.30. The second-order valence-electron chi connectivity index (χ2n) is 5.80. The summed E-state index contributed by atoms with van der Waals surface area (Å²) in [6.07, 6.45) is 0.599. The van der Waals surface area contributed by atoms with Crippen LogP contribution in [0.2, 0.25) is 0 Å². The molecule has 3 rings (SSSR count). The van der Waals surface area contributed by atoms with E-state index in [0.29, 0.717) is 6.42 Å². The van der Waals surface area contributed by atoms with Crippen LogP contribution in [0.5, 0.6) is 11.5 Å². The number of carbonyl (C=O) groups excluding carboxylic acids is 2. The smallest absolute Gasteiger partial charge is 0.343 e. The van der Waals surface area contributed by atoms with Crippen molar-refractivity contribution in [1.29, 1.82) is 0 Å². The molecule has 0 heterocycles. The molecule has 0 fully saturated rings. The Bertz CT molecular complexity index is 917. The number of ether oxygens (including phenoxy) is 2. The lowest BCUT2D eigenvalue weighted by atomic mass is 10.1. The maximum absolute atomic E-state index is 12.4. The van der Waals surface area contributed by atoms with Gasteiger partial charge in [-0.05, 0) is 42.0 Å². The molecule has 0 bridgehead atoms. The molecule has 0 spiro atoms. The number of para-hydroxylation sites is 1. The third-order valence-electron chi connectivity index (χ3n) is 3.88. The highest BCUT2D eigenvalue weighted by molar-refractivity contribution is 5.96. The van der Waals surface area contributed by atoms with Crippen molar-refractivity contribution >= 4 is 11.9 Å². The minimum absolute atomic E-state index is 0.0499. The van der Waals surface area contributed by atoms with Crippen molar-refractivity contribution < 1.29 is 24.2 Å². The van der Waals surface area contributed by atoms with Crippen molar-refractivity contribution in [2.45, 2.75) is 6.42 Å². The lowest BCUT2D eigenvalue weighted by Gasteiger charge is -2.10. The predicted octanol–water partition coefficient (Wildman–Crippen LogP) is 4.01. The van der Waals surface area contributed by atoms with Gasteiger partial charge < -0.3 is 14.6 Å². The lowest BCUT2D eigenvalue weighted by molar-refractivity contribution is 0.0504. The second kappa shape index (κ2) is 8.67. The Balaban J connectivity index is 1.65. The van der Waals surface area contributed by atoms with Gasteiger partial charge in [-0.1, -0.05) is 42.5 Å². The van der Waals surface area contributed by atoms with E-state index < -0.39 is 11.9 Å². The van der Waals surface area contributed by atoms with E-state index in [1.54, 1.807) is 18.2 Å². The number of hydrogen-bond acceptors (Lipinski definition) is 5. The molecule has 3 aromatic carbocycles. The van der Waals surface area contributed by atoms with Crippen molar-refractivity contribution in [2.24, 2.45) is 0 Å². The van der Waals surface area contributed by atoms with Gasteiger partial charge in [-0.3, -0.25) is 0 Å². The van der Waals surface area contributed by atoms with Crippen LogP contribution in [0.1, 0.15) is 26.3 Å². The van der Waals surface area contributed by atoms with E-state index in [4.69, 9.17) is 9.47 Å². The van der Waals surface area contributed by atoms with Crippen LogP contribution in [0.4, 0.5) is 0 Å². The van der Waals surface area contributed by atoms with Gasteiger partial charge in [0.1, 0.15) is 17.1 Å². The van der Waals surface area contributed by atoms with Crippen LogP contribution in [0.25, 0.3) is 0 Å². The third kappa shape index (κ3) is 4.95. The molecule has 136 valence electrons. The molecule has 0 unspecified atom stereocenters. The minimum atomic E-state index is -0.625. The number of carbonyl (C=O) groups is 2. The van der Waals surface area contributed by atoms with Crippen molar-refractivity contribution in [3.05, 3.63) is 95.6 Å². The topological polar surface area (TPSA) is 72.8 Å². The van der Waals surface area contributed by atoms with E-state index in [1.807, 2.05) is 30.3 Å². The van der Waals surface area contributed by atoms with E-state index in [0.717, 1.165) is 5.56 Å². The summed E-state index contributed by atoms with van der Waals surface area (Å²) in [4.78, 5) is 24.6. The second-order valence-corrected chi connectivity index (χ2v) is 5.80. The minimum Gasteiger partial charge on any atom is -0.508 e. The van der Waals surface area contributed by atoms with Crippen LogP contribution >= 0.6 is 0 Å². The summed E-state index contributed by atoms with van der Waals surface area (Å²) in [5.41, 5.74) is 1.51. The Hall–Kier alpha value is -3.60. The van der Waals surface area contributed by atoms with Gasteiger partial charge in [-0.15, -0.1) is 0 Å². The van der Waals surface area contributed by atoms with Crippen molar-refractivity contribution in [2.75, 3.05) is 6.61 Å². The fraction of sp³-hybridized carbons (Fsp3) is 0.0909. The molecule has 1 N–H and O–H groups in total. The maximum atomic E-state index is 12.4. The highest BCUT2D eigenvalue weighted by atomic mass is 16.5. The van der Waals surface area contributed by atoms with Gasteiger partial charge in [0.2, 0.25) is 0 Å². The fourth-order valence-electron chi connectivity index (χ4n) is 2.46. The van der Waals surface area contributed by atoms with E-state index in [2.05, 4.69) is 0 Å². The van der Waals surface area contributed by atoms with E-state index in [1.165, 1.54) is 30.3 Å². The van der Waals surface area contributed by atoms with Gasteiger partial charge >= 0.3 is 11.9 Å². The Kier molecular flexibility index (Phi) is 5.84. The highest BCUT2D eigenvalue weighted by Crippen LogP contribution is 2.21. The van der Waals surface area contributed by atoms with Crippen molar-refractivity contribution in [3.8, 4) is 11.5 Å². The summed E-state index contributed by atoms with van der Waals surface area (Å²) >= 11 is 0. The number of hydrogen-bond donors (Lipinski definition) is 1. The van der Waals surface area contributed by atoms with Crippen LogP contribution in [-0.4, -0.2) is 23.7 Å². The molecule has 0 amide bonds. The molecule has 0 saturated heterocycles. The van der Waals surface area contributed by atoms with Crippen LogP contribution in [0, 0.1) is 0 Å². The molecule has 0 aliphatic heterocycles. The average Bonchev–Trinajstić information content (AvgIpc) is 2.69. The van der Waals surface area contributed by atoms with Gasteiger partial charge in [0, 0.05) is 6.42 Å². The SMILES string of the molecule is O=C(Oc1ccccc1C(=O)OCCc1ccccc1)c1ccc(O)cc1. The Morgan fingerprint density at radius 2 is 1.44 bits per heavy atom. The van der Waals surface area contributed by atoms with Gasteiger partial charge in [-0.2, -0.15) is 0 Å². The van der Waals surface area contributed by atoms with Crippen molar-refractivity contribution in [3.63, 3.8) is 0 Å². The number of benzene rings is 3. The maximum Gasteiger partial charge on any atom is 0.343 e. The van der Waals surface area contributed by atoms with Crippen LogP contribution < -0.4 is 4.74 Å². The molecule has 0 saturated carbocycles. The number of aromatic hydroxyl groups is 1. The standard InChI is InChI=1S/C22H18O5/c23-18-12-10-17(11-13-18)21(24)27-20-9-5-4-8-19(20)22(25)26-15-14-16-6-2-1-3-7-16/h1-13,23H,14-15H2. The molecule has 0 atom stereocenters. The molecule has 0 aliphatic carbocycles. The highest BCUT2D eigenvalue weighted by Gasteiger charge is 2.17. The van der Waals surface area contributed by atoms with Gasteiger partial charge in [-0.25, -0.2) is 9.59 Å². The Morgan fingerprint density at radius 1 is 0.778 bits per heavy atom. The number of rotatable bonds is 6. The predicted molar refractivity (Wildman–Crippen MR) is 99.9 cm³/mol. The van der Waals surface area contributed by atoms with E-state index in [9.17, 15) is 14.7 Å². The first kappa shape index (κ1) is 18.2. The first-order chi connectivity index (χ1) is 13.1. The number of phenolic OH excluding ortho intramolecular Hbond substituents is 1. The van der Waals surface area contributed by atoms with Crippen molar-refractivity contribution in [1.82, 2.24) is 0 Å². The molecule has 0 aromatic heterocycles. The normalized spacial score (nSPS) is 10.2. The van der Waals surface area contributed by atoms with E-state index in [-0.39, 0.29) is 29.2 Å². The summed E-state index contributed by atoms with van der Waals surface area (Å²) in [6.45, 7) is 0.225. The molecular weight excluding hydrogens is 344 g/mol. The molecule has 0 radical (unpaired) electrons. The largest absolute Gasteiger partial charge is 0.508 e. The number of esters is 2. The molecule has 5 nitrogen and oxygen atoms in total. The first-order valence-corrected chi connectivity index (χ1v) is 8.45. The number of phenols is 1. The Labute approximate surface area is 156 Å². The molecule has 3 aromatic rings. The average molecular weight is 362 g/mol. The molecule has 0 aliphatic rings. The molecular formula is C22H18O5. The lowest BCUT2D eigenvalue weighted by Crippen LogP contribution is -2.13. The van der Waals surface area contributed by atoms with Crippen LogP contribution in [0.15, 0.2) is 78.9 Å². The quantitative estimate of drug-likeness (QED) is 0.530. The van der Waals surface area contributed by atoms with Crippen LogP contribution in [0.3, 0.4) is 0 Å². The summed E-state index contributed by atoms with van der Waals surface area (Å²) in [7, 11) is 0. The fourth-order valence-corrected chi connectivity index (χ4v) is 2.46. The monoisotopic (exact) mass is 362 g/mol.